The van der Waals surface area contributed by atoms with Crippen LogP contribution >= 0.6 is 0 Å². The van der Waals surface area contributed by atoms with Crippen molar-refractivity contribution in [2.75, 3.05) is 0 Å². The molecule has 0 radical (unpaired) electrons. The summed E-state index contributed by atoms with van der Waals surface area (Å²) in [5.41, 5.74) is 2.56. The van der Waals surface area contributed by atoms with Crippen LogP contribution in [0.5, 0.6) is 0 Å². The highest BCUT2D eigenvalue weighted by Crippen LogP contribution is 2.56. The van der Waals surface area contributed by atoms with Crippen LogP contribution in [-0.4, -0.2) is 11.9 Å². The number of hydrogen-bond donors (Lipinski definition) is 0. The molecular weight excluding hydrogens is 544 g/mol. The zero-order chi connectivity index (χ0) is 30.0. The van der Waals surface area contributed by atoms with Crippen LogP contribution < -0.4 is 0 Å². The van der Waals surface area contributed by atoms with Crippen LogP contribution in [0, 0.1) is 0 Å². The van der Waals surface area contributed by atoms with E-state index in [0.717, 1.165) is 11.1 Å². The zero-order valence-corrected chi connectivity index (χ0v) is 23.8. The second-order valence-corrected chi connectivity index (χ2v) is 10.7. The van der Waals surface area contributed by atoms with Crippen molar-refractivity contribution in [3.63, 3.8) is 0 Å². The molecule has 4 heteroatoms. The summed E-state index contributed by atoms with van der Waals surface area (Å²) in [5.74, 6) is -0.930. The summed E-state index contributed by atoms with van der Waals surface area (Å²) in [7, 11) is 0. The van der Waals surface area contributed by atoms with Crippen LogP contribution in [0.1, 0.15) is 54.1 Å². The van der Waals surface area contributed by atoms with Gasteiger partial charge in [-0.25, -0.2) is 9.59 Å². The maximum absolute atomic E-state index is 14.0. The summed E-state index contributed by atoms with van der Waals surface area (Å²) in [5, 5.41) is 0. The number of hydrogen-bond acceptors (Lipinski definition) is 4. The lowest BCUT2D eigenvalue weighted by Gasteiger charge is -2.48. The van der Waals surface area contributed by atoms with Gasteiger partial charge in [0.1, 0.15) is 0 Å². The Labute approximate surface area is 256 Å². The van der Waals surface area contributed by atoms with Crippen LogP contribution in [0.2, 0.25) is 0 Å². The Morgan fingerprint density at radius 2 is 0.591 bits per heavy atom. The van der Waals surface area contributed by atoms with Crippen molar-refractivity contribution in [3.8, 4) is 0 Å². The SMILES string of the molecule is O=C(OC1(c2ccccc2)c2ccccc2C(OC(=O)c2ccccc2)(c2ccccc2)c2ccccc21)c1ccccc1. The Hall–Kier alpha value is -5.74. The van der Waals surface area contributed by atoms with Gasteiger partial charge < -0.3 is 9.47 Å². The highest BCUT2D eigenvalue weighted by molar-refractivity contribution is 5.92. The highest BCUT2D eigenvalue weighted by Gasteiger charge is 2.56. The molecule has 212 valence electrons. The fourth-order valence-corrected chi connectivity index (χ4v) is 6.33. The Kier molecular flexibility index (Phi) is 6.88. The van der Waals surface area contributed by atoms with Crippen LogP contribution in [-0.2, 0) is 20.7 Å². The normalized spacial score (nSPS) is 18.4. The zero-order valence-electron chi connectivity index (χ0n) is 23.8. The van der Waals surface area contributed by atoms with Gasteiger partial charge in [0.2, 0.25) is 0 Å². The Balaban J connectivity index is 1.56. The molecule has 1 aliphatic rings. The first-order valence-corrected chi connectivity index (χ1v) is 14.5. The standard InChI is InChI=1S/C40H28O4/c41-37(29-17-5-1-6-18-29)43-39(31-21-9-3-10-22-31)33-25-13-15-27-35(33)40(32-23-11-4-12-24-32,36-28-16-14-26-34(36)39)44-38(42)30-19-7-2-8-20-30/h1-28H. The third kappa shape index (κ3) is 4.31. The lowest BCUT2D eigenvalue weighted by Crippen LogP contribution is -2.48. The van der Waals surface area contributed by atoms with Crippen LogP contribution in [0.15, 0.2) is 170 Å². The molecule has 7 rings (SSSR count). The maximum Gasteiger partial charge on any atom is 0.339 e. The second-order valence-electron chi connectivity index (χ2n) is 10.7. The summed E-state index contributed by atoms with van der Waals surface area (Å²) < 4.78 is 13.5. The lowest BCUT2D eigenvalue weighted by atomic mass is 9.63. The van der Waals surface area contributed by atoms with Crippen molar-refractivity contribution < 1.29 is 19.1 Å². The molecule has 44 heavy (non-hydrogen) atoms. The number of esters is 2. The average molecular weight is 573 g/mol. The van der Waals surface area contributed by atoms with E-state index in [9.17, 15) is 9.59 Å². The Bertz CT molecular complexity index is 1740. The minimum atomic E-state index is -1.35. The van der Waals surface area contributed by atoms with Crippen molar-refractivity contribution in [1.29, 1.82) is 0 Å². The second kappa shape index (κ2) is 11.2. The first kappa shape index (κ1) is 27.1. The van der Waals surface area contributed by atoms with Crippen LogP contribution in [0.4, 0.5) is 0 Å². The molecule has 6 aromatic rings. The van der Waals surface area contributed by atoms with E-state index in [-0.39, 0.29) is 0 Å². The summed E-state index contributed by atoms with van der Waals surface area (Å²) in [4.78, 5) is 28.0. The molecule has 0 N–H and O–H groups in total. The molecule has 4 nitrogen and oxygen atoms in total. The number of fused-ring (bicyclic) bond motifs is 2. The molecule has 0 aliphatic heterocycles. The van der Waals surface area contributed by atoms with E-state index >= 15 is 0 Å². The van der Waals surface area contributed by atoms with Gasteiger partial charge >= 0.3 is 11.9 Å². The summed E-state index contributed by atoms with van der Waals surface area (Å²) in [6.45, 7) is 0. The predicted octanol–water partition coefficient (Wildman–Crippen LogP) is 8.30. The largest absolute Gasteiger partial charge is 0.441 e. The average Bonchev–Trinajstić information content (AvgIpc) is 3.11. The maximum atomic E-state index is 14.0. The van der Waals surface area contributed by atoms with Gasteiger partial charge in [-0.3, -0.25) is 0 Å². The van der Waals surface area contributed by atoms with Gasteiger partial charge in [-0.1, -0.05) is 146 Å². The molecule has 1 aliphatic carbocycles. The topological polar surface area (TPSA) is 52.6 Å². The van der Waals surface area contributed by atoms with Gasteiger partial charge in [0.15, 0.2) is 11.2 Å². The van der Waals surface area contributed by atoms with Crippen LogP contribution in [0.25, 0.3) is 0 Å². The molecular formula is C40H28O4. The van der Waals surface area contributed by atoms with E-state index in [4.69, 9.17) is 9.47 Å². The van der Waals surface area contributed by atoms with Gasteiger partial charge in [-0.2, -0.15) is 0 Å². The van der Waals surface area contributed by atoms with E-state index in [2.05, 4.69) is 0 Å². The number of benzene rings is 6. The molecule has 0 atom stereocenters. The van der Waals surface area contributed by atoms with Gasteiger partial charge in [0.05, 0.1) is 11.1 Å². The number of rotatable bonds is 6. The minimum absolute atomic E-state index is 0.438. The monoisotopic (exact) mass is 572 g/mol. The Morgan fingerprint density at radius 1 is 0.341 bits per heavy atom. The van der Waals surface area contributed by atoms with Crippen molar-refractivity contribution in [2.45, 2.75) is 11.2 Å². The third-order valence-corrected chi connectivity index (χ3v) is 8.24. The molecule has 0 heterocycles. The van der Waals surface area contributed by atoms with Gasteiger partial charge in [0, 0.05) is 33.4 Å². The fraction of sp³-hybridized carbons (Fsp3) is 0.0500. The predicted molar refractivity (Wildman–Crippen MR) is 169 cm³/mol. The van der Waals surface area contributed by atoms with E-state index in [1.165, 1.54) is 0 Å². The Morgan fingerprint density at radius 3 is 0.886 bits per heavy atom. The summed E-state index contributed by atoms with van der Waals surface area (Å²) in [6, 6.07) is 53.1. The van der Waals surface area contributed by atoms with E-state index in [0.29, 0.717) is 33.4 Å². The first-order valence-electron chi connectivity index (χ1n) is 14.5. The molecule has 0 aromatic heterocycles. The smallest absolute Gasteiger partial charge is 0.339 e. The molecule has 0 spiro atoms. The molecule has 0 fully saturated rings. The van der Waals surface area contributed by atoms with Gasteiger partial charge in [-0.05, 0) is 24.3 Å². The summed E-state index contributed by atoms with van der Waals surface area (Å²) >= 11 is 0. The molecule has 6 aromatic carbocycles. The number of carbonyl (C=O) groups excluding carboxylic acids is 2. The quantitative estimate of drug-likeness (QED) is 0.188. The van der Waals surface area contributed by atoms with Gasteiger partial charge in [-0.15, -0.1) is 0 Å². The highest BCUT2D eigenvalue weighted by atomic mass is 16.6. The van der Waals surface area contributed by atoms with Crippen molar-refractivity contribution in [2.24, 2.45) is 0 Å². The minimum Gasteiger partial charge on any atom is -0.441 e. The van der Waals surface area contributed by atoms with E-state index in [1.54, 1.807) is 24.3 Å². The van der Waals surface area contributed by atoms with Crippen LogP contribution in [0.3, 0.4) is 0 Å². The lowest BCUT2D eigenvalue weighted by molar-refractivity contribution is -0.00526. The molecule has 0 saturated carbocycles. The van der Waals surface area contributed by atoms with E-state index in [1.807, 2.05) is 146 Å². The van der Waals surface area contributed by atoms with Crippen molar-refractivity contribution in [3.05, 3.63) is 214 Å². The third-order valence-electron chi connectivity index (χ3n) is 8.24. The van der Waals surface area contributed by atoms with Crippen molar-refractivity contribution >= 4 is 11.9 Å². The number of carbonyl (C=O) groups is 2. The van der Waals surface area contributed by atoms with Gasteiger partial charge in [0.25, 0.3) is 0 Å². The molecule has 0 bridgehead atoms. The first-order chi connectivity index (χ1) is 21.6. The fourth-order valence-electron chi connectivity index (χ4n) is 6.33. The molecule has 0 saturated heterocycles. The molecule has 0 amide bonds. The van der Waals surface area contributed by atoms with Crippen molar-refractivity contribution in [1.82, 2.24) is 0 Å². The summed E-state index contributed by atoms with van der Waals surface area (Å²) in [6.07, 6.45) is 0. The number of ether oxygens (including phenoxy) is 2. The van der Waals surface area contributed by atoms with E-state index < -0.39 is 23.1 Å². The molecule has 0 unspecified atom stereocenters.